The molecule has 1 aromatic carbocycles. The standard InChI is InChI=1S/C16H13Cl3N2OS.ClH/c17-12-1-2-13(14(18)7-12)15(8-21-5-4-20-10-21)22-9-11-3-6-23-16(11)19;/h1-7,10,15H,8-9H2;1H. The Morgan fingerprint density at radius 3 is 2.67 bits per heavy atom. The van der Waals surface area contributed by atoms with E-state index < -0.39 is 0 Å². The lowest BCUT2D eigenvalue weighted by molar-refractivity contribution is 0.0282. The summed E-state index contributed by atoms with van der Waals surface area (Å²) < 4.78 is 8.79. The van der Waals surface area contributed by atoms with Crippen molar-refractivity contribution in [3.05, 3.63) is 73.9 Å². The first-order valence-electron chi connectivity index (χ1n) is 6.87. The number of benzene rings is 1. The topological polar surface area (TPSA) is 27.1 Å². The minimum Gasteiger partial charge on any atom is -0.367 e. The molecule has 3 aromatic rings. The third kappa shape index (κ3) is 4.88. The molecule has 0 bridgehead atoms. The van der Waals surface area contributed by atoms with E-state index in [1.54, 1.807) is 18.6 Å². The smallest absolute Gasteiger partial charge is 0.102 e. The van der Waals surface area contributed by atoms with Crippen LogP contribution < -0.4 is 0 Å². The van der Waals surface area contributed by atoms with Gasteiger partial charge in [-0.3, -0.25) is 0 Å². The Hall–Kier alpha value is -0.750. The summed E-state index contributed by atoms with van der Waals surface area (Å²) >= 11 is 20.0. The molecule has 0 saturated heterocycles. The number of aromatic nitrogens is 2. The number of thiophene rings is 1. The van der Waals surface area contributed by atoms with E-state index in [9.17, 15) is 0 Å². The van der Waals surface area contributed by atoms with Crippen LogP contribution in [0.25, 0.3) is 0 Å². The Bertz CT molecular complexity index is 776. The number of rotatable bonds is 6. The molecule has 1 unspecified atom stereocenters. The van der Waals surface area contributed by atoms with Gasteiger partial charge in [0.25, 0.3) is 0 Å². The number of hydrogen-bond acceptors (Lipinski definition) is 3. The molecule has 0 aliphatic rings. The largest absolute Gasteiger partial charge is 0.367 e. The van der Waals surface area contributed by atoms with E-state index in [0.717, 1.165) is 15.5 Å². The molecule has 0 saturated carbocycles. The minimum absolute atomic E-state index is 0. The van der Waals surface area contributed by atoms with Crippen molar-refractivity contribution in [2.45, 2.75) is 19.3 Å². The van der Waals surface area contributed by atoms with Crippen molar-refractivity contribution in [2.24, 2.45) is 0 Å². The van der Waals surface area contributed by atoms with Gasteiger partial charge in [0.1, 0.15) is 6.10 Å². The van der Waals surface area contributed by atoms with Crippen molar-refractivity contribution in [1.29, 1.82) is 0 Å². The molecule has 24 heavy (non-hydrogen) atoms. The molecule has 1 atom stereocenters. The van der Waals surface area contributed by atoms with Gasteiger partial charge < -0.3 is 9.30 Å². The Morgan fingerprint density at radius 2 is 2.04 bits per heavy atom. The molecule has 0 fully saturated rings. The van der Waals surface area contributed by atoms with E-state index in [1.165, 1.54) is 11.3 Å². The van der Waals surface area contributed by atoms with Gasteiger partial charge in [0.2, 0.25) is 0 Å². The van der Waals surface area contributed by atoms with Gasteiger partial charge in [-0.2, -0.15) is 0 Å². The predicted octanol–water partition coefficient (Wildman–Crippen LogP) is 6.28. The number of nitrogens with zero attached hydrogens (tertiary/aromatic N) is 2. The van der Waals surface area contributed by atoms with Gasteiger partial charge in [0.05, 0.1) is 23.8 Å². The average molecular weight is 424 g/mol. The monoisotopic (exact) mass is 422 g/mol. The SMILES string of the molecule is Cl.Clc1ccc(C(Cn2ccnc2)OCc2ccsc2Cl)c(Cl)c1. The predicted molar refractivity (Wildman–Crippen MR) is 103 cm³/mol. The van der Waals surface area contributed by atoms with Crippen LogP contribution in [0.4, 0.5) is 0 Å². The second-order valence-electron chi connectivity index (χ2n) is 4.94. The fraction of sp³-hybridized carbons (Fsp3) is 0.188. The highest BCUT2D eigenvalue weighted by Gasteiger charge is 2.17. The molecule has 2 aromatic heterocycles. The third-order valence-corrected chi connectivity index (χ3v) is 5.19. The van der Waals surface area contributed by atoms with Crippen LogP contribution >= 0.6 is 58.5 Å². The Kier molecular flexibility index (Phi) is 7.41. The highest BCUT2D eigenvalue weighted by Crippen LogP contribution is 2.32. The maximum atomic E-state index is 6.34. The number of hydrogen-bond donors (Lipinski definition) is 0. The van der Waals surface area contributed by atoms with Crippen molar-refractivity contribution in [1.82, 2.24) is 9.55 Å². The van der Waals surface area contributed by atoms with Gasteiger partial charge in [-0.15, -0.1) is 23.7 Å². The lowest BCUT2D eigenvalue weighted by Gasteiger charge is -2.20. The van der Waals surface area contributed by atoms with Crippen molar-refractivity contribution >= 4 is 58.5 Å². The molecule has 0 spiro atoms. The highest BCUT2D eigenvalue weighted by atomic mass is 35.5. The van der Waals surface area contributed by atoms with Crippen LogP contribution in [-0.2, 0) is 17.9 Å². The Labute approximate surface area is 165 Å². The number of halogens is 4. The average Bonchev–Trinajstić information content (AvgIpc) is 3.16. The quantitative estimate of drug-likeness (QED) is 0.466. The van der Waals surface area contributed by atoms with Crippen molar-refractivity contribution in [2.75, 3.05) is 0 Å². The van der Waals surface area contributed by atoms with Crippen LogP contribution in [0.1, 0.15) is 17.2 Å². The summed E-state index contributed by atoms with van der Waals surface area (Å²) in [6.45, 7) is 1.02. The number of imidazole rings is 1. The zero-order valence-corrected chi connectivity index (χ0v) is 16.3. The molecular formula is C16H14Cl4N2OS. The fourth-order valence-corrected chi connectivity index (χ4v) is 3.63. The summed E-state index contributed by atoms with van der Waals surface area (Å²) in [5.41, 5.74) is 1.86. The first kappa shape index (κ1) is 19.6. The number of ether oxygens (including phenoxy) is 1. The molecule has 0 N–H and O–H groups in total. The fourth-order valence-electron chi connectivity index (χ4n) is 2.20. The van der Waals surface area contributed by atoms with E-state index >= 15 is 0 Å². The normalized spacial score (nSPS) is 12.0. The summed E-state index contributed by atoms with van der Waals surface area (Å²) in [5.74, 6) is 0. The van der Waals surface area contributed by atoms with Crippen LogP contribution in [0.5, 0.6) is 0 Å². The second kappa shape index (κ2) is 9.09. The van der Waals surface area contributed by atoms with Gasteiger partial charge in [-0.05, 0) is 23.6 Å². The maximum absolute atomic E-state index is 6.34. The van der Waals surface area contributed by atoms with Crippen LogP contribution in [0.3, 0.4) is 0 Å². The van der Waals surface area contributed by atoms with Gasteiger partial charge in [0.15, 0.2) is 0 Å². The maximum Gasteiger partial charge on any atom is 0.102 e. The van der Waals surface area contributed by atoms with E-state index in [0.29, 0.717) is 23.2 Å². The summed E-state index contributed by atoms with van der Waals surface area (Å²) in [5, 5.41) is 3.13. The van der Waals surface area contributed by atoms with Gasteiger partial charge in [0, 0.05) is 33.6 Å². The zero-order valence-electron chi connectivity index (χ0n) is 12.4. The molecule has 3 nitrogen and oxygen atoms in total. The zero-order chi connectivity index (χ0) is 16.2. The molecule has 0 radical (unpaired) electrons. The summed E-state index contributed by atoms with van der Waals surface area (Å²) in [7, 11) is 0. The van der Waals surface area contributed by atoms with Gasteiger partial charge in [-0.25, -0.2) is 4.98 Å². The Balaban J connectivity index is 0.00000208. The molecule has 0 amide bonds. The molecule has 8 heteroatoms. The molecular weight excluding hydrogens is 410 g/mol. The van der Waals surface area contributed by atoms with E-state index in [2.05, 4.69) is 4.98 Å². The van der Waals surface area contributed by atoms with Crippen LogP contribution in [-0.4, -0.2) is 9.55 Å². The van der Waals surface area contributed by atoms with E-state index in [-0.39, 0.29) is 18.5 Å². The van der Waals surface area contributed by atoms with Crippen molar-refractivity contribution in [3.8, 4) is 0 Å². The molecule has 128 valence electrons. The Morgan fingerprint density at radius 1 is 1.21 bits per heavy atom. The third-order valence-electron chi connectivity index (χ3n) is 3.38. The molecule has 2 heterocycles. The summed E-state index contributed by atoms with van der Waals surface area (Å²) in [6.07, 6.45) is 5.14. The first-order valence-corrected chi connectivity index (χ1v) is 8.89. The van der Waals surface area contributed by atoms with Gasteiger partial charge >= 0.3 is 0 Å². The molecule has 0 aliphatic heterocycles. The minimum atomic E-state index is -0.232. The summed E-state index contributed by atoms with van der Waals surface area (Å²) in [4.78, 5) is 4.06. The van der Waals surface area contributed by atoms with Crippen LogP contribution in [0, 0.1) is 0 Å². The lowest BCUT2D eigenvalue weighted by Crippen LogP contribution is -2.12. The molecule has 3 rings (SSSR count). The van der Waals surface area contributed by atoms with Crippen LogP contribution in [0.15, 0.2) is 48.4 Å². The van der Waals surface area contributed by atoms with E-state index in [4.69, 9.17) is 39.5 Å². The van der Waals surface area contributed by atoms with E-state index in [1.807, 2.05) is 34.3 Å². The van der Waals surface area contributed by atoms with Gasteiger partial charge in [-0.1, -0.05) is 40.9 Å². The molecule has 0 aliphatic carbocycles. The first-order chi connectivity index (χ1) is 11.1. The highest BCUT2D eigenvalue weighted by molar-refractivity contribution is 7.14. The van der Waals surface area contributed by atoms with Crippen molar-refractivity contribution in [3.63, 3.8) is 0 Å². The second-order valence-corrected chi connectivity index (χ2v) is 7.31. The van der Waals surface area contributed by atoms with Crippen molar-refractivity contribution < 1.29 is 4.74 Å². The lowest BCUT2D eigenvalue weighted by atomic mass is 10.1. The summed E-state index contributed by atoms with van der Waals surface area (Å²) in [6, 6.07) is 7.39. The van der Waals surface area contributed by atoms with Crippen LogP contribution in [0.2, 0.25) is 14.4 Å².